The van der Waals surface area contributed by atoms with Gasteiger partial charge in [0.05, 0.1) is 0 Å². The van der Waals surface area contributed by atoms with E-state index in [1.165, 1.54) is 0 Å². The van der Waals surface area contributed by atoms with Crippen LogP contribution < -0.4 is 29.6 Å². The van der Waals surface area contributed by atoms with Crippen molar-refractivity contribution in [1.82, 2.24) is 0 Å². The van der Waals surface area contributed by atoms with Gasteiger partial charge >= 0.3 is 29.6 Å². The minimum atomic E-state index is 0. The summed E-state index contributed by atoms with van der Waals surface area (Å²) in [5.41, 5.74) is 0. The first-order valence-corrected chi connectivity index (χ1v) is 2.00. The summed E-state index contributed by atoms with van der Waals surface area (Å²) >= 11 is 0. The minimum absolute atomic E-state index is 0. The first-order valence-electron chi connectivity index (χ1n) is 2.00. The van der Waals surface area contributed by atoms with E-state index in [2.05, 4.69) is 0 Å². The molecule has 0 aliphatic rings. The molecule has 0 saturated carbocycles. The summed E-state index contributed by atoms with van der Waals surface area (Å²) in [5, 5.41) is 0. The van der Waals surface area contributed by atoms with Gasteiger partial charge in [0.1, 0.15) is 0 Å². The van der Waals surface area contributed by atoms with Crippen LogP contribution in [-0.4, -0.2) is 0 Å². The summed E-state index contributed by atoms with van der Waals surface area (Å²) in [6.45, 7) is 0. The van der Waals surface area contributed by atoms with Crippen LogP contribution in [0.25, 0.3) is 0 Å². The molecule has 0 heterocycles. The van der Waals surface area contributed by atoms with Gasteiger partial charge in [-0.05, 0) is 0 Å². The third kappa shape index (κ3) is 4.38. The van der Waals surface area contributed by atoms with Gasteiger partial charge in [-0.15, -0.1) is 0 Å². The first-order chi connectivity index (χ1) is 3.00. The molecule has 1 heteroatoms. The van der Waals surface area contributed by atoms with E-state index in [-0.39, 0.29) is 37.0 Å². The van der Waals surface area contributed by atoms with E-state index in [1.54, 1.807) is 0 Å². The molecule has 0 bridgehead atoms. The number of benzene rings is 1. The molecule has 0 radical (unpaired) electrons. The van der Waals surface area contributed by atoms with Crippen molar-refractivity contribution in [2.45, 2.75) is 0 Å². The molecule has 0 unspecified atom stereocenters. The summed E-state index contributed by atoms with van der Waals surface area (Å²) in [4.78, 5) is 0. The van der Waals surface area contributed by atoms with E-state index in [4.69, 9.17) is 0 Å². The summed E-state index contributed by atoms with van der Waals surface area (Å²) < 4.78 is 0. The molecule has 0 aliphatic carbocycles. The summed E-state index contributed by atoms with van der Waals surface area (Å²) in [5.74, 6) is 0. The molecule has 0 N–H and O–H groups in total. The quantitative estimate of drug-likeness (QED) is 0.306. The second kappa shape index (κ2) is 7.22. The maximum absolute atomic E-state index is 2.00. The molecule has 0 saturated heterocycles. The Labute approximate surface area is 73.2 Å². The normalized spacial score (nSPS) is 6.00. The van der Waals surface area contributed by atoms with E-state index in [0.29, 0.717) is 0 Å². The Morgan fingerprint density at radius 3 is 0.750 bits per heavy atom. The van der Waals surface area contributed by atoms with Gasteiger partial charge in [-0.2, -0.15) is 0 Å². The van der Waals surface area contributed by atoms with Crippen LogP contribution in [-0.2, 0) is 0 Å². The fraction of sp³-hybridized carbons (Fsp3) is 0. The van der Waals surface area contributed by atoms with Crippen LogP contribution in [0.5, 0.6) is 0 Å². The molecule has 0 spiro atoms. The Hall–Kier alpha value is 0.220. The zero-order chi connectivity index (χ0) is 4.24. The Morgan fingerprint density at radius 2 is 0.625 bits per heavy atom. The second-order valence-corrected chi connectivity index (χ2v) is 1.15. The van der Waals surface area contributed by atoms with Crippen LogP contribution >= 0.6 is 0 Å². The van der Waals surface area contributed by atoms with Crippen molar-refractivity contribution in [1.29, 1.82) is 0 Å². The average molecular weight is 116 g/mol. The fourth-order valence-electron chi connectivity index (χ4n) is 0.385. The topological polar surface area (TPSA) is 0 Å². The van der Waals surface area contributed by atoms with Gasteiger partial charge < -0.3 is 7.43 Å². The summed E-state index contributed by atoms with van der Waals surface area (Å²) in [6, 6.07) is 12.0. The molecule has 8 heavy (non-hydrogen) atoms. The van der Waals surface area contributed by atoms with Crippen LogP contribution in [0.15, 0.2) is 36.4 Å². The SMILES string of the molecule is [CH3-].[Na+].c1ccccc1. The molecule has 0 amide bonds. The van der Waals surface area contributed by atoms with Crippen molar-refractivity contribution in [2.75, 3.05) is 0 Å². The minimum Gasteiger partial charge on any atom is -0.358 e. The molecule has 1 aromatic rings. The third-order valence-corrected chi connectivity index (χ3v) is 0.667. The maximum atomic E-state index is 2.00. The standard InChI is InChI=1S/C6H6.CH3.Na/c1-2-4-6-5-3-1;;/h1-6H;1H3;/q;-1;+1. The van der Waals surface area contributed by atoms with Gasteiger partial charge in [0.15, 0.2) is 0 Å². The molecule has 38 valence electrons. The van der Waals surface area contributed by atoms with Gasteiger partial charge in [-0.25, -0.2) is 0 Å². The van der Waals surface area contributed by atoms with Crippen LogP contribution in [0.2, 0.25) is 0 Å². The van der Waals surface area contributed by atoms with Crippen molar-refractivity contribution < 1.29 is 29.6 Å². The molecule has 1 rings (SSSR count). The average Bonchev–Trinajstić information content (AvgIpc) is 1.72. The zero-order valence-electron chi connectivity index (χ0n) is 5.46. The van der Waals surface area contributed by atoms with Gasteiger partial charge in [0.2, 0.25) is 0 Å². The third-order valence-electron chi connectivity index (χ3n) is 0.667. The first kappa shape index (κ1) is 11.1. The number of hydrogen-bond donors (Lipinski definition) is 0. The van der Waals surface area contributed by atoms with E-state index < -0.39 is 0 Å². The molecule has 0 aliphatic heterocycles. The molecule has 0 fully saturated rings. The van der Waals surface area contributed by atoms with Crippen LogP contribution in [0.1, 0.15) is 0 Å². The second-order valence-electron chi connectivity index (χ2n) is 1.15. The van der Waals surface area contributed by atoms with E-state index in [0.717, 1.165) is 0 Å². The van der Waals surface area contributed by atoms with Gasteiger partial charge in [0.25, 0.3) is 0 Å². The Bertz CT molecular complexity index is 76.3. The van der Waals surface area contributed by atoms with Gasteiger partial charge in [0, 0.05) is 0 Å². The smallest absolute Gasteiger partial charge is 0.358 e. The van der Waals surface area contributed by atoms with Gasteiger partial charge in [-0.1, -0.05) is 36.4 Å². The Morgan fingerprint density at radius 1 is 0.500 bits per heavy atom. The van der Waals surface area contributed by atoms with Crippen LogP contribution in [0.3, 0.4) is 0 Å². The van der Waals surface area contributed by atoms with Crippen molar-refractivity contribution >= 4 is 0 Å². The monoisotopic (exact) mass is 116 g/mol. The maximum Gasteiger partial charge on any atom is 1.00 e. The number of rotatable bonds is 0. The van der Waals surface area contributed by atoms with Crippen molar-refractivity contribution in [3.05, 3.63) is 43.8 Å². The Balaban J connectivity index is 0. The van der Waals surface area contributed by atoms with Crippen molar-refractivity contribution in [2.24, 2.45) is 0 Å². The van der Waals surface area contributed by atoms with Crippen LogP contribution in [0, 0.1) is 7.43 Å². The van der Waals surface area contributed by atoms with Crippen molar-refractivity contribution in [3.63, 3.8) is 0 Å². The van der Waals surface area contributed by atoms with Gasteiger partial charge in [-0.3, -0.25) is 0 Å². The van der Waals surface area contributed by atoms with E-state index in [1.807, 2.05) is 36.4 Å². The summed E-state index contributed by atoms with van der Waals surface area (Å²) in [6.07, 6.45) is 0. The molecular weight excluding hydrogens is 107 g/mol. The molecule has 1 aromatic carbocycles. The molecule has 0 nitrogen and oxygen atoms in total. The predicted octanol–water partition coefficient (Wildman–Crippen LogP) is -0.859. The van der Waals surface area contributed by atoms with Crippen LogP contribution in [0.4, 0.5) is 0 Å². The largest absolute Gasteiger partial charge is 1.00 e. The summed E-state index contributed by atoms with van der Waals surface area (Å²) in [7, 11) is 0. The number of hydrogen-bond acceptors (Lipinski definition) is 0. The van der Waals surface area contributed by atoms with Crippen molar-refractivity contribution in [3.8, 4) is 0 Å². The van der Waals surface area contributed by atoms with E-state index in [9.17, 15) is 0 Å². The molecular formula is C7H9Na. The molecule has 0 aromatic heterocycles. The zero-order valence-corrected chi connectivity index (χ0v) is 7.46. The Kier molecular flexibility index (Phi) is 10.00. The predicted molar refractivity (Wildman–Crippen MR) is 32.9 cm³/mol. The van der Waals surface area contributed by atoms with E-state index >= 15 is 0 Å². The fourth-order valence-corrected chi connectivity index (χ4v) is 0.385. The molecule has 0 atom stereocenters.